The molecule has 19 heavy (non-hydrogen) atoms. The highest BCUT2D eigenvalue weighted by atomic mass is 32.2. The van der Waals surface area contributed by atoms with E-state index in [4.69, 9.17) is 5.11 Å². The molecule has 0 aliphatic heterocycles. The molecule has 0 amide bonds. The molecule has 5 nitrogen and oxygen atoms in total. The Kier molecular flexibility index (Phi) is 3.97. The number of sulfonamides is 1. The third-order valence-electron chi connectivity index (χ3n) is 1.98. The van der Waals surface area contributed by atoms with Gasteiger partial charge in [0.2, 0.25) is 10.0 Å². The van der Waals surface area contributed by atoms with Crippen LogP contribution in [0.25, 0.3) is 0 Å². The van der Waals surface area contributed by atoms with Gasteiger partial charge in [-0.3, -0.25) is 0 Å². The molecular formula is C11H13F2NO4S. The topological polar surface area (TPSA) is 83.5 Å². The third kappa shape index (κ3) is 3.71. The van der Waals surface area contributed by atoms with Gasteiger partial charge in [-0.1, -0.05) is 0 Å². The van der Waals surface area contributed by atoms with Crippen LogP contribution in [-0.2, 0) is 10.0 Å². The average Bonchev–Trinajstić information content (AvgIpc) is 2.11. The number of hydrogen-bond donors (Lipinski definition) is 2. The van der Waals surface area contributed by atoms with Gasteiger partial charge in [-0.05, 0) is 26.8 Å². The van der Waals surface area contributed by atoms with Crippen LogP contribution >= 0.6 is 0 Å². The summed E-state index contributed by atoms with van der Waals surface area (Å²) in [7, 11) is -4.28. The summed E-state index contributed by atoms with van der Waals surface area (Å²) in [6.07, 6.45) is 0. The van der Waals surface area contributed by atoms with Crippen molar-refractivity contribution in [2.75, 3.05) is 0 Å². The second-order valence-corrected chi connectivity index (χ2v) is 6.57. The first kappa shape index (κ1) is 15.5. The van der Waals surface area contributed by atoms with E-state index >= 15 is 0 Å². The van der Waals surface area contributed by atoms with E-state index in [2.05, 4.69) is 4.72 Å². The SMILES string of the molecule is CC(C)(C)NS(=O)(=O)c1cc(C(=O)O)c(F)cc1F. The van der Waals surface area contributed by atoms with Crippen molar-refractivity contribution in [3.05, 3.63) is 29.3 Å². The molecule has 0 aliphatic rings. The first-order chi connectivity index (χ1) is 8.44. The molecule has 0 fully saturated rings. The molecule has 0 unspecified atom stereocenters. The zero-order valence-electron chi connectivity index (χ0n) is 10.5. The van der Waals surface area contributed by atoms with Crippen LogP contribution in [0.4, 0.5) is 8.78 Å². The maximum Gasteiger partial charge on any atom is 0.338 e. The molecular weight excluding hydrogens is 280 g/mol. The first-order valence-corrected chi connectivity index (χ1v) is 6.69. The van der Waals surface area contributed by atoms with Crippen LogP contribution in [0.3, 0.4) is 0 Å². The lowest BCUT2D eigenvalue weighted by Crippen LogP contribution is -2.40. The van der Waals surface area contributed by atoms with Gasteiger partial charge in [0, 0.05) is 11.6 Å². The molecule has 0 bridgehead atoms. The van der Waals surface area contributed by atoms with E-state index in [1.165, 1.54) is 20.8 Å². The number of aromatic carboxylic acids is 1. The fourth-order valence-corrected chi connectivity index (χ4v) is 2.86. The number of carbonyl (C=O) groups is 1. The number of rotatable bonds is 3. The monoisotopic (exact) mass is 293 g/mol. The van der Waals surface area contributed by atoms with Gasteiger partial charge in [-0.2, -0.15) is 0 Å². The maximum absolute atomic E-state index is 13.5. The third-order valence-corrected chi connectivity index (χ3v) is 3.76. The Morgan fingerprint density at radius 3 is 2.16 bits per heavy atom. The minimum Gasteiger partial charge on any atom is -0.478 e. The molecule has 0 aliphatic carbocycles. The van der Waals surface area contributed by atoms with Crippen molar-refractivity contribution in [1.82, 2.24) is 4.72 Å². The summed E-state index contributed by atoms with van der Waals surface area (Å²) in [5.41, 5.74) is -1.79. The van der Waals surface area contributed by atoms with E-state index in [1.54, 1.807) is 0 Å². The zero-order chi connectivity index (χ0) is 15.0. The summed E-state index contributed by atoms with van der Waals surface area (Å²) in [4.78, 5) is 9.82. The molecule has 0 spiro atoms. The molecule has 1 aromatic rings. The van der Waals surface area contributed by atoms with Crippen LogP contribution < -0.4 is 4.72 Å². The standard InChI is InChI=1S/C11H13F2NO4S/c1-11(2,3)14-19(17,18)9-4-6(10(15)16)7(12)5-8(9)13/h4-5,14H,1-3H3,(H,15,16). The Morgan fingerprint density at radius 1 is 1.21 bits per heavy atom. The van der Waals surface area contributed by atoms with Crippen molar-refractivity contribution >= 4 is 16.0 Å². The second kappa shape index (κ2) is 4.86. The van der Waals surface area contributed by atoms with E-state index in [9.17, 15) is 22.0 Å². The zero-order valence-corrected chi connectivity index (χ0v) is 11.3. The molecule has 0 saturated heterocycles. The van der Waals surface area contributed by atoms with Crippen molar-refractivity contribution < 1.29 is 27.1 Å². The Bertz CT molecular complexity index is 620. The largest absolute Gasteiger partial charge is 0.478 e. The molecule has 1 aromatic carbocycles. The van der Waals surface area contributed by atoms with Gasteiger partial charge in [0.25, 0.3) is 0 Å². The Hall–Kier alpha value is -1.54. The van der Waals surface area contributed by atoms with Crippen molar-refractivity contribution in [2.24, 2.45) is 0 Å². The Morgan fingerprint density at radius 2 is 1.74 bits per heavy atom. The lowest BCUT2D eigenvalue weighted by Gasteiger charge is -2.20. The second-order valence-electron chi connectivity index (χ2n) is 4.92. The van der Waals surface area contributed by atoms with Gasteiger partial charge in [0.1, 0.15) is 16.5 Å². The molecule has 1 rings (SSSR count). The van der Waals surface area contributed by atoms with Crippen LogP contribution in [0.5, 0.6) is 0 Å². The summed E-state index contributed by atoms with van der Waals surface area (Å²) in [5.74, 6) is -4.36. The van der Waals surface area contributed by atoms with Crippen LogP contribution in [0.15, 0.2) is 17.0 Å². The van der Waals surface area contributed by atoms with Gasteiger partial charge in [0.15, 0.2) is 0 Å². The summed E-state index contributed by atoms with van der Waals surface area (Å²) in [6.45, 7) is 4.60. The lowest BCUT2D eigenvalue weighted by atomic mass is 10.1. The predicted octanol–water partition coefficient (Wildman–Crippen LogP) is 1.74. The van der Waals surface area contributed by atoms with E-state index in [1.807, 2.05) is 0 Å². The molecule has 2 N–H and O–H groups in total. The van der Waals surface area contributed by atoms with Gasteiger partial charge < -0.3 is 5.11 Å². The first-order valence-electron chi connectivity index (χ1n) is 5.20. The summed E-state index contributed by atoms with van der Waals surface area (Å²) in [5, 5.41) is 8.70. The quantitative estimate of drug-likeness (QED) is 0.889. The van der Waals surface area contributed by atoms with E-state index in [-0.39, 0.29) is 6.07 Å². The number of nitrogens with one attached hydrogen (secondary N) is 1. The summed E-state index contributed by atoms with van der Waals surface area (Å²) in [6, 6.07) is 0.696. The fraction of sp³-hybridized carbons (Fsp3) is 0.364. The highest BCUT2D eigenvalue weighted by Gasteiger charge is 2.27. The van der Waals surface area contributed by atoms with Gasteiger partial charge >= 0.3 is 5.97 Å². The molecule has 0 aromatic heterocycles. The smallest absolute Gasteiger partial charge is 0.338 e. The van der Waals surface area contributed by atoms with Gasteiger partial charge in [-0.25, -0.2) is 26.7 Å². The van der Waals surface area contributed by atoms with Crippen molar-refractivity contribution in [1.29, 1.82) is 0 Å². The summed E-state index contributed by atoms with van der Waals surface area (Å²) < 4.78 is 52.6. The molecule has 0 saturated carbocycles. The van der Waals surface area contributed by atoms with Crippen LogP contribution in [-0.4, -0.2) is 25.0 Å². The van der Waals surface area contributed by atoms with Crippen molar-refractivity contribution in [3.63, 3.8) is 0 Å². The van der Waals surface area contributed by atoms with Crippen molar-refractivity contribution in [2.45, 2.75) is 31.2 Å². The highest BCUT2D eigenvalue weighted by Crippen LogP contribution is 2.21. The Labute approximate surface area is 109 Å². The molecule has 0 atom stereocenters. The Balaban J connectivity index is 3.43. The maximum atomic E-state index is 13.5. The predicted molar refractivity (Wildman–Crippen MR) is 63.4 cm³/mol. The van der Waals surface area contributed by atoms with E-state index < -0.39 is 43.6 Å². The van der Waals surface area contributed by atoms with Gasteiger partial charge in [-0.15, -0.1) is 0 Å². The normalized spacial score (nSPS) is 12.5. The van der Waals surface area contributed by atoms with Crippen LogP contribution in [0, 0.1) is 11.6 Å². The average molecular weight is 293 g/mol. The number of hydrogen-bond acceptors (Lipinski definition) is 3. The number of halogens is 2. The minimum atomic E-state index is -4.28. The summed E-state index contributed by atoms with van der Waals surface area (Å²) >= 11 is 0. The number of benzene rings is 1. The number of carboxylic acids is 1. The van der Waals surface area contributed by atoms with Crippen LogP contribution in [0.1, 0.15) is 31.1 Å². The lowest BCUT2D eigenvalue weighted by molar-refractivity contribution is 0.0691. The van der Waals surface area contributed by atoms with E-state index in [0.29, 0.717) is 6.07 Å². The van der Waals surface area contributed by atoms with Gasteiger partial charge in [0.05, 0.1) is 5.56 Å². The minimum absolute atomic E-state index is 0.237. The molecule has 8 heteroatoms. The van der Waals surface area contributed by atoms with Crippen LogP contribution in [0.2, 0.25) is 0 Å². The molecule has 0 radical (unpaired) electrons. The fourth-order valence-electron chi connectivity index (χ4n) is 1.36. The van der Waals surface area contributed by atoms with E-state index in [0.717, 1.165) is 0 Å². The number of carboxylic acid groups (broad SMARTS) is 1. The highest BCUT2D eigenvalue weighted by molar-refractivity contribution is 7.89. The molecule has 106 valence electrons. The van der Waals surface area contributed by atoms with Crippen molar-refractivity contribution in [3.8, 4) is 0 Å². The molecule has 0 heterocycles.